The molecule has 0 fully saturated rings. The molecule has 0 saturated heterocycles. The summed E-state index contributed by atoms with van der Waals surface area (Å²) >= 11 is 2.94. The maximum Gasteiger partial charge on any atom is 0.259 e. The van der Waals surface area contributed by atoms with E-state index in [1.807, 2.05) is 28.8 Å². The largest absolute Gasteiger partial charge is 0.302 e. The van der Waals surface area contributed by atoms with Gasteiger partial charge in [0, 0.05) is 18.4 Å². The van der Waals surface area contributed by atoms with Crippen LogP contribution in [0.15, 0.2) is 64.5 Å². The summed E-state index contributed by atoms with van der Waals surface area (Å²) in [6, 6.07) is 15.9. The number of rotatable bonds is 6. The molecule has 3 heterocycles. The molecule has 0 aliphatic rings. The zero-order chi connectivity index (χ0) is 22.2. The summed E-state index contributed by atoms with van der Waals surface area (Å²) in [6.45, 7) is 4.85. The van der Waals surface area contributed by atoms with Crippen LogP contribution >= 0.6 is 23.1 Å². The fourth-order valence-electron chi connectivity index (χ4n) is 3.60. The Hall–Kier alpha value is -3.04. The average Bonchev–Trinajstić information content (AvgIpc) is 3.33. The zero-order valence-electron chi connectivity index (χ0n) is 17.5. The molecule has 0 atom stereocenters. The van der Waals surface area contributed by atoms with Gasteiger partial charge >= 0.3 is 0 Å². The third-order valence-electron chi connectivity index (χ3n) is 4.98. The van der Waals surface area contributed by atoms with Gasteiger partial charge in [0.2, 0.25) is 0 Å². The summed E-state index contributed by atoms with van der Waals surface area (Å²) in [5, 5.41) is 9.28. The lowest BCUT2D eigenvalue weighted by atomic mass is 10.2. The molecule has 0 aliphatic heterocycles. The van der Waals surface area contributed by atoms with E-state index in [0.717, 1.165) is 10.2 Å². The van der Waals surface area contributed by atoms with E-state index >= 15 is 0 Å². The minimum atomic E-state index is -0.327. The van der Waals surface area contributed by atoms with E-state index in [9.17, 15) is 9.18 Å². The van der Waals surface area contributed by atoms with Gasteiger partial charge in [-0.2, -0.15) is 0 Å². The third kappa shape index (κ3) is 3.82. The van der Waals surface area contributed by atoms with Crippen molar-refractivity contribution >= 4 is 38.3 Å². The molecule has 162 valence electrons. The molecule has 0 spiro atoms. The molecule has 9 heteroatoms. The first-order valence-corrected chi connectivity index (χ1v) is 12.0. The fraction of sp³-hybridized carbons (Fsp3) is 0.217. The summed E-state index contributed by atoms with van der Waals surface area (Å²) in [7, 11) is 0. The van der Waals surface area contributed by atoms with E-state index in [0.29, 0.717) is 45.4 Å². The van der Waals surface area contributed by atoms with Crippen molar-refractivity contribution in [2.24, 2.45) is 5.92 Å². The molecule has 0 aliphatic carbocycles. The van der Waals surface area contributed by atoms with Crippen LogP contribution in [0.25, 0.3) is 26.6 Å². The molecule has 2 aromatic carbocycles. The molecule has 0 amide bonds. The second kappa shape index (κ2) is 8.48. The number of fused-ring (bicyclic) bond motifs is 3. The number of thiazole rings is 1. The highest BCUT2D eigenvalue weighted by atomic mass is 32.2. The molecule has 0 bridgehead atoms. The average molecular weight is 466 g/mol. The van der Waals surface area contributed by atoms with Gasteiger partial charge in [-0.05, 0) is 30.2 Å². The predicted molar refractivity (Wildman–Crippen MR) is 127 cm³/mol. The number of para-hydroxylation sites is 1. The van der Waals surface area contributed by atoms with Gasteiger partial charge in [-0.15, -0.1) is 10.2 Å². The van der Waals surface area contributed by atoms with Crippen molar-refractivity contribution in [3.8, 4) is 11.4 Å². The molecule has 6 nitrogen and oxygen atoms in total. The SMILES string of the molecule is CC(C)Cn1c(SCc2cc(=O)n3c(n2)sc2ccccc23)nnc1-c1ccccc1F. The third-order valence-corrected chi connectivity index (χ3v) is 7.00. The van der Waals surface area contributed by atoms with Crippen LogP contribution in [-0.4, -0.2) is 24.1 Å². The molecular weight excluding hydrogens is 445 g/mol. The lowest BCUT2D eigenvalue weighted by Crippen LogP contribution is -2.13. The molecule has 0 N–H and O–H groups in total. The molecular formula is C23H20FN5OS2. The highest BCUT2D eigenvalue weighted by Crippen LogP contribution is 2.29. The Balaban J connectivity index is 1.48. The number of thioether (sulfide) groups is 1. The number of hydrogen-bond donors (Lipinski definition) is 0. The number of nitrogens with zero attached hydrogens (tertiary/aromatic N) is 5. The van der Waals surface area contributed by atoms with Crippen LogP contribution in [0, 0.1) is 11.7 Å². The summed E-state index contributed by atoms with van der Waals surface area (Å²) in [5.74, 6) is 0.972. The molecule has 5 aromatic rings. The van der Waals surface area contributed by atoms with Crippen molar-refractivity contribution in [2.45, 2.75) is 31.3 Å². The molecule has 0 unspecified atom stereocenters. The van der Waals surface area contributed by atoms with E-state index < -0.39 is 0 Å². The van der Waals surface area contributed by atoms with Crippen molar-refractivity contribution < 1.29 is 4.39 Å². The van der Waals surface area contributed by atoms with Crippen molar-refractivity contribution in [3.05, 3.63) is 76.5 Å². The highest BCUT2D eigenvalue weighted by Gasteiger charge is 2.18. The van der Waals surface area contributed by atoms with Crippen LogP contribution in [0.1, 0.15) is 19.5 Å². The van der Waals surface area contributed by atoms with Crippen LogP contribution in [0.3, 0.4) is 0 Å². The minimum Gasteiger partial charge on any atom is -0.302 e. The van der Waals surface area contributed by atoms with Gasteiger partial charge in [-0.25, -0.2) is 9.37 Å². The number of benzene rings is 2. The van der Waals surface area contributed by atoms with Gasteiger partial charge in [0.25, 0.3) is 5.56 Å². The summed E-state index contributed by atoms with van der Waals surface area (Å²) in [5.41, 5.74) is 1.88. The minimum absolute atomic E-state index is 0.0984. The maximum atomic E-state index is 14.4. The summed E-state index contributed by atoms with van der Waals surface area (Å²) in [6.07, 6.45) is 0. The standard InChI is InChI=1S/C23H20FN5OS2/c1-14(2)12-28-21(16-7-3-4-8-17(16)24)26-27-23(28)31-13-15-11-20(30)29-18-9-5-6-10-19(18)32-22(29)25-15/h3-11,14H,12-13H2,1-2H3. The van der Waals surface area contributed by atoms with Crippen LogP contribution in [0.5, 0.6) is 0 Å². The molecule has 0 saturated carbocycles. The normalized spacial score (nSPS) is 11.8. The monoisotopic (exact) mass is 465 g/mol. The molecule has 5 rings (SSSR count). The summed E-state index contributed by atoms with van der Waals surface area (Å²) in [4.78, 5) is 18.1. The van der Waals surface area contributed by atoms with Gasteiger partial charge < -0.3 is 4.57 Å². The zero-order valence-corrected chi connectivity index (χ0v) is 19.2. The highest BCUT2D eigenvalue weighted by molar-refractivity contribution is 7.98. The second-order valence-electron chi connectivity index (χ2n) is 7.85. The first-order valence-electron chi connectivity index (χ1n) is 10.2. The second-order valence-corrected chi connectivity index (χ2v) is 9.80. The van der Waals surface area contributed by atoms with Gasteiger partial charge in [0.1, 0.15) is 5.82 Å². The lowest BCUT2D eigenvalue weighted by molar-refractivity contribution is 0.496. The number of halogens is 1. The van der Waals surface area contributed by atoms with Crippen LogP contribution < -0.4 is 5.56 Å². The predicted octanol–water partition coefficient (Wildman–Crippen LogP) is 5.26. The van der Waals surface area contributed by atoms with Crippen molar-refractivity contribution in [3.63, 3.8) is 0 Å². The Morgan fingerprint density at radius 3 is 2.69 bits per heavy atom. The maximum absolute atomic E-state index is 14.4. The smallest absolute Gasteiger partial charge is 0.259 e. The Kier molecular flexibility index (Phi) is 5.52. The van der Waals surface area contributed by atoms with Crippen molar-refractivity contribution in [1.82, 2.24) is 24.1 Å². The van der Waals surface area contributed by atoms with Crippen LogP contribution in [0.4, 0.5) is 4.39 Å². The number of aromatic nitrogens is 5. The Morgan fingerprint density at radius 1 is 1.09 bits per heavy atom. The van der Waals surface area contributed by atoms with E-state index in [-0.39, 0.29) is 11.4 Å². The molecule has 3 aromatic heterocycles. The first kappa shape index (κ1) is 20.8. The summed E-state index contributed by atoms with van der Waals surface area (Å²) < 4.78 is 19.0. The van der Waals surface area contributed by atoms with E-state index in [1.165, 1.54) is 29.2 Å². The Morgan fingerprint density at radius 2 is 1.88 bits per heavy atom. The molecule has 0 radical (unpaired) electrons. The quantitative estimate of drug-likeness (QED) is 0.320. The fourth-order valence-corrected chi connectivity index (χ4v) is 5.49. The van der Waals surface area contributed by atoms with E-state index in [2.05, 4.69) is 24.0 Å². The molecule has 32 heavy (non-hydrogen) atoms. The van der Waals surface area contributed by atoms with Crippen molar-refractivity contribution in [2.75, 3.05) is 0 Å². The van der Waals surface area contributed by atoms with E-state index in [1.54, 1.807) is 28.7 Å². The van der Waals surface area contributed by atoms with E-state index in [4.69, 9.17) is 4.98 Å². The Labute approximate surface area is 191 Å². The lowest BCUT2D eigenvalue weighted by Gasteiger charge is -2.12. The Bertz CT molecular complexity index is 1490. The van der Waals surface area contributed by atoms with Gasteiger partial charge in [-0.1, -0.05) is 61.2 Å². The van der Waals surface area contributed by atoms with Gasteiger partial charge in [-0.3, -0.25) is 9.20 Å². The first-order chi connectivity index (χ1) is 15.5. The number of hydrogen-bond acceptors (Lipinski definition) is 6. The topological polar surface area (TPSA) is 65.1 Å². The van der Waals surface area contributed by atoms with Crippen LogP contribution in [0.2, 0.25) is 0 Å². The van der Waals surface area contributed by atoms with Crippen LogP contribution in [-0.2, 0) is 12.3 Å². The van der Waals surface area contributed by atoms with Crippen molar-refractivity contribution in [1.29, 1.82) is 0 Å². The van der Waals surface area contributed by atoms with Gasteiger partial charge in [0.05, 0.1) is 21.5 Å². The van der Waals surface area contributed by atoms with Gasteiger partial charge in [0.15, 0.2) is 15.9 Å².